The summed E-state index contributed by atoms with van der Waals surface area (Å²) >= 11 is 0. The van der Waals surface area contributed by atoms with E-state index in [2.05, 4.69) is 5.32 Å². The second-order valence-electron chi connectivity index (χ2n) is 6.53. The first-order valence-electron chi connectivity index (χ1n) is 7.88. The molecule has 1 saturated carbocycles. The third kappa shape index (κ3) is 1.68. The molecule has 0 aromatic heterocycles. The largest absolute Gasteiger partial charge is 0.355 e. The van der Waals surface area contributed by atoms with Gasteiger partial charge in [0.25, 0.3) is 5.91 Å². The predicted octanol–water partition coefficient (Wildman–Crippen LogP) is 1.82. The van der Waals surface area contributed by atoms with Gasteiger partial charge in [-0.1, -0.05) is 31.0 Å². The lowest BCUT2D eigenvalue weighted by atomic mass is 9.67. The van der Waals surface area contributed by atoms with E-state index in [-0.39, 0.29) is 23.3 Å². The molecule has 0 bridgehead atoms. The Labute approximate surface area is 124 Å². The number of hydrogen-bond donors (Lipinski definition) is 1. The van der Waals surface area contributed by atoms with Gasteiger partial charge in [-0.3, -0.25) is 9.59 Å². The lowest BCUT2D eigenvalue weighted by Crippen LogP contribution is -2.50. The van der Waals surface area contributed by atoms with Crippen LogP contribution in [0.3, 0.4) is 0 Å². The van der Waals surface area contributed by atoms with Crippen LogP contribution in [0.4, 0.5) is 0 Å². The van der Waals surface area contributed by atoms with Crippen molar-refractivity contribution in [1.82, 2.24) is 10.2 Å². The molecule has 21 heavy (non-hydrogen) atoms. The molecule has 0 unspecified atom stereocenters. The number of carbonyl (C=O) groups is 2. The molecule has 4 nitrogen and oxygen atoms in total. The van der Waals surface area contributed by atoms with Crippen LogP contribution in [0.2, 0.25) is 0 Å². The van der Waals surface area contributed by atoms with Crippen molar-refractivity contribution in [3.63, 3.8) is 0 Å². The molecule has 1 N–H and O–H groups in total. The number of rotatable bonds is 1. The maximum atomic E-state index is 12.8. The minimum absolute atomic E-state index is 0.0871. The number of likely N-dealkylation sites (tertiary alicyclic amines) is 1. The highest BCUT2D eigenvalue weighted by Gasteiger charge is 2.63. The first-order valence-corrected chi connectivity index (χ1v) is 7.88. The van der Waals surface area contributed by atoms with E-state index in [1.54, 1.807) is 0 Å². The lowest BCUT2D eigenvalue weighted by Gasteiger charge is -2.39. The second-order valence-corrected chi connectivity index (χ2v) is 6.53. The van der Waals surface area contributed by atoms with E-state index >= 15 is 0 Å². The summed E-state index contributed by atoms with van der Waals surface area (Å²) < 4.78 is 0. The van der Waals surface area contributed by atoms with Gasteiger partial charge in [-0.2, -0.15) is 0 Å². The molecule has 3 atom stereocenters. The minimum atomic E-state index is -0.303. The van der Waals surface area contributed by atoms with Crippen molar-refractivity contribution in [2.75, 3.05) is 13.1 Å². The zero-order chi connectivity index (χ0) is 14.4. The van der Waals surface area contributed by atoms with Crippen LogP contribution in [0, 0.1) is 11.3 Å². The summed E-state index contributed by atoms with van der Waals surface area (Å²) in [5.74, 6) is 0.563. The average Bonchev–Trinajstić information content (AvgIpc) is 3.02. The topological polar surface area (TPSA) is 49.4 Å². The standard InChI is InChI=1S/C17H20N2O2/c20-15(12-6-2-1-3-7-12)19-11-13-10-18-16(21)17(13)9-5-4-8-14(17)19/h1-3,6-7,13-14H,4-5,8-11H2,(H,18,21)/t13-,14-,17-/m1/s1. The quantitative estimate of drug-likeness (QED) is 0.855. The van der Waals surface area contributed by atoms with Gasteiger partial charge in [0.2, 0.25) is 5.91 Å². The smallest absolute Gasteiger partial charge is 0.254 e. The Balaban J connectivity index is 1.69. The number of nitrogens with one attached hydrogen (secondary N) is 1. The fourth-order valence-corrected chi connectivity index (χ4v) is 4.67. The monoisotopic (exact) mass is 284 g/mol. The van der Waals surface area contributed by atoms with Crippen molar-refractivity contribution in [3.05, 3.63) is 35.9 Å². The number of amides is 2. The molecule has 4 rings (SSSR count). The predicted molar refractivity (Wildman–Crippen MR) is 78.7 cm³/mol. The van der Waals surface area contributed by atoms with E-state index in [1.165, 1.54) is 0 Å². The molecule has 110 valence electrons. The summed E-state index contributed by atoms with van der Waals surface area (Å²) in [5, 5.41) is 3.03. The Kier molecular flexibility index (Phi) is 2.81. The molecule has 1 spiro atoms. The van der Waals surface area contributed by atoms with Crippen LogP contribution in [0.15, 0.2) is 30.3 Å². The molecule has 3 fully saturated rings. The van der Waals surface area contributed by atoms with Gasteiger partial charge < -0.3 is 10.2 Å². The van der Waals surface area contributed by atoms with Crippen LogP contribution in [-0.2, 0) is 4.79 Å². The van der Waals surface area contributed by atoms with Gasteiger partial charge in [0.1, 0.15) is 0 Å². The normalized spacial score (nSPS) is 34.3. The van der Waals surface area contributed by atoms with E-state index in [0.717, 1.165) is 44.3 Å². The van der Waals surface area contributed by atoms with Gasteiger partial charge in [0.05, 0.1) is 5.41 Å². The Morgan fingerprint density at radius 2 is 2.05 bits per heavy atom. The van der Waals surface area contributed by atoms with Crippen molar-refractivity contribution in [3.8, 4) is 0 Å². The van der Waals surface area contributed by atoms with Crippen molar-refractivity contribution in [1.29, 1.82) is 0 Å². The van der Waals surface area contributed by atoms with Gasteiger partial charge in [0.15, 0.2) is 0 Å². The van der Waals surface area contributed by atoms with Crippen LogP contribution >= 0.6 is 0 Å². The highest BCUT2D eigenvalue weighted by Crippen LogP contribution is 2.52. The molecule has 0 radical (unpaired) electrons. The number of nitrogens with zero attached hydrogens (tertiary/aromatic N) is 1. The first kappa shape index (κ1) is 12.9. The summed E-state index contributed by atoms with van der Waals surface area (Å²) in [6.45, 7) is 1.45. The zero-order valence-electron chi connectivity index (χ0n) is 12.0. The summed E-state index contributed by atoms with van der Waals surface area (Å²) in [6, 6.07) is 9.54. The Morgan fingerprint density at radius 3 is 2.86 bits per heavy atom. The number of benzene rings is 1. The van der Waals surface area contributed by atoms with Crippen molar-refractivity contribution in [2.24, 2.45) is 11.3 Å². The Bertz CT molecular complexity index is 586. The van der Waals surface area contributed by atoms with Crippen LogP contribution in [0.25, 0.3) is 0 Å². The van der Waals surface area contributed by atoms with Gasteiger partial charge in [-0.05, 0) is 25.0 Å². The number of hydrogen-bond acceptors (Lipinski definition) is 2. The third-order valence-electron chi connectivity index (χ3n) is 5.65. The molecule has 1 aliphatic carbocycles. The van der Waals surface area contributed by atoms with Crippen LogP contribution < -0.4 is 5.32 Å². The second kappa shape index (κ2) is 4.58. The van der Waals surface area contributed by atoms with Crippen LogP contribution in [0.1, 0.15) is 36.0 Å². The summed E-state index contributed by atoms with van der Waals surface area (Å²) in [6.07, 6.45) is 4.12. The highest BCUT2D eigenvalue weighted by atomic mass is 16.2. The Morgan fingerprint density at radius 1 is 1.24 bits per heavy atom. The van der Waals surface area contributed by atoms with E-state index in [1.807, 2.05) is 35.2 Å². The van der Waals surface area contributed by atoms with Crippen LogP contribution in [0.5, 0.6) is 0 Å². The van der Waals surface area contributed by atoms with E-state index in [9.17, 15) is 9.59 Å². The van der Waals surface area contributed by atoms with E-state index < -0.39 is 0 Å². The van der Waals surface area contributed by atoms with Gasteiger partial charge >= 0.3 is 0 Å². The van der Waals surface area contributed by atoms with Crippen molar-refractivity contribution in [2.45, 2.75) is 31.7 Å². The minimum Gasteiger partial charge on any atom is -0.355 e. The summed E-state index contributed by atoms with van der Waals surface area (Å²) in [4.78, 5) is 27.3. The maximum absolute atomic E-state index is 12.8. The van der Waals surface area contributed by atoms with E-state index in [4.69, 9.17) is 0 Å². The fourth-order valence-electron chi connectivity index (χ4n) is 4.67. The molecule has 3 aliphatic rings. The molecular weight excluding hydrogens is 264 g/mol. The lowest BCUT2D eigenvalue weighted by molar-refractivity contribution is -0.131. The van der Waals surface area contributed by atoms with Gasteiger partial charge in [-0.25, -0.2) is 0 Å². The molecule has 2 heterocycles. The SMILES string of the molecule is O=C(c1ccccc1)N1C[C@H]2CNC(=O)[C@]23CCCC[C@@H]13. The summed E-state index contributed by atoms with van der Waals surface area (Å²) in [5.41, 5.74) is 0.432. The molecule has 2 aliphatic heterocycles. The third-order valence-corrected chi connectivity index (χ3v) is 5.65. The molecule has 4 heteroatoms. The highest BCUT2D eigenvalue weighted by molar-refractivity contribution is 5.96. The summed E-state index contributed by atoms with van der Waals surface area (Å²) in [7, 11) is 0. The number of carbonyl (C=O) groups excluding carboxylic acids is 2. The molecule has 2 amide bonds. The van der Waals surface area contributed by atoms with Crippen LogP contribution in [-0.4, -0.2) is 35.8 Å². The average molecular weight is 284 g/mol. The van der Waals surface area contributed by atoms with Gasteiger partial charge in [0, 0.05) is 30.6 Å². The Hall–Kier alpha value is -1.84. The van der Waals surface area contributed by atoms with Crippen molar-refractivity contribution < 1.29 is 9.59 Å². The molecular formula is C17H20N2O2. The van der Waals surface area contributed by atoms with Gasteiger partial charge in [-0.15, -0.1) is 0 Å². The van der Waals surface area contributed by atoms with Crippen molar-refractivity contribution >= 4 is 11.8 Å². The fraction of sp³-hybridized carbons (Fsp3) is 0.529. The molecule has 2 saturated heterocycles. The molecule has 1 aromatic rings. The zero-order valence-corrected chi connectivity index (χ0v) is 12.0. The first-order chi connectivity index (χ1) is 10.2. The van der Waals surface area contributed by atoms with E-state index in [0.29, 0.717) is 5.92 Å². The molecule has 1 aromatic carbocycles. The maximum Gasteiger partial charge on any atom is 0.254 e.